The molecule has 90 valence electrons. The third kappa shape index (κ3) is 2.43. The summed E-state index contributed by atoms with van der Waals surface area (Å²) in [5.41, 5.74) is -0.741. The van der Waals surface area contributed by atoms with Crippen molar-refractivity contribution in [3.63, 3.8) is 0 Å². The van der Waals surface area contributed by atoms with Crippen LogP contribution in [0.3, 0.4) is 0 Å². The summed E-state index contributed by atoms with van der Waals surface area (Å²) in [7, 11) is 0. The van der Waals surface area contributed by atoms with E-state index in [1.165, 1.54) is 6.08 Å². The Bertz CT molecular complexity index is 311. The van der Waals surface area contributed by atoms with Crippen LogP contribution in [-0.4, -0.2) is 35.0 Å². The Labute approximate surface area is 95.9 Å². The van der Waals surface area contributed by atoms with Gasteiger partial charge in [0.1, 0.15) is 0 Å². The third-order valence-corrected chi connectivity index (χ3v) is 3.33. The molecule has 0 bridgehead atoms. The summed E-state index contributed by atoms with van der Waals surface area (Å²) in [5.74, 6) is -0.866. The van der Waals surface area contributed by atoms with Crippen molar-refractivity contribution >= 4 is 11.9 Å². The number of amides is 1. The van der Waals surface area contributed by atoms with Gasteiger partial charge in [0.25, 0.3) is 0 Å². The highest BCUT2D eigenvalue weighted by atomic mass is 16.4. The molecule has 1 heterocycles. The normalized spacial score (nSPS) is 26.0. The molecule has 1 aliphatic rings. The van der Waals surface area contributed by atoms with Crippen molar-refractivity contribution in [1.29, 1.82) is 0 Å². The summed E-state index contributed by atoms with van der Waals surface area (Å²) in [6.07, 6.45) is 5.18. The molecule has 16 heavy (non-hydrogen) atoms. The molecule has 1 saturated heterocycles. The van der Waals surface area contributed by atoms with Crippen molar-refractivity contribution in [3.8, 4) is 0 Å². The Hall–Kier alpha value is -1.32. The molecule has 1 N–H and O–H groups in total. The lowest BCUT2D eigenvalue weighted by atomic mass is 9.77. The SMILES string of the molecule is CC=CC(=O)N1CCCC(CC)(C(=O)O)C1. The van der Waals surface area contributed by atoms with E-state index in [0.717, 1.165) is 6.42 Å². The molecule has 1 amide bonds. The Kier molecular flexibility index (Phi) is 4.10. The van der Waals surface area contributed by atoms with Crippen LogP contribution in [0.25, 0.3) is 0 Å². The number of nitrogens with zero attached hydrogens (tertiary/aromatic N) is 1. The van der Waals surface area contributed by atoms with Gasteiger partial charge in [0.2, 0.25) is 5.91 Å². The van der Waals surface area contributed by atoms with Crippen molar-refractivity contribution < 1.29 is 14.7 Å². The molecule has 1 aliphatic heterocycles. The predicted octanol–water partition coefficient (Wildman–Crippen LogP) is 1.67. The number of hydrogen-bond donors (Lipinski definition) is 1. The van der Waals surface area contributed by atoms with Crippen LogP contribution >= 0.6 is 0 Å². The zero-order chi connectivity index (χ0) is 12.2. The summed E-state index contributed by atoms with van der Waals surface area (Å²) < 4.78 is 0. The summed E-state index contributed by atoms with van der Waals surface area (Å²) in [6.45, 7) is 4.66. The first-order chi connectivity index (χ1) is 7.55. The van der Waals surface area contributed by atoms with Gasteiger partial charge in [-0.2, -0.15) is 0 Å². The molecule has 0 aromatic heterocycles. The molecule has 0 aromatic carbocycles. The van der Waals surface area contributed by atoms with E-state index in [4.69, 9.17) is 0 Å². The van der Waals surface area contributed by atoms with Gasteiger partial charge < -0.3 is 10.0 Å². The summed E-state index contributed by atoms with van der Waals surface area (Å²) in [6, 6.07) is 0. The number of likely N-dealkylation sites (tertiary alicyclic amines) is 1. The van der Waals surface area contributed by atoms with Gasteiger partial charge in [0.05, 0.1) is 5.41 Å². The monoisotopic (exact) mass is 225 g/mol. The fourth-order valence-electron chi connectivity index (χ4n) is 2.18. The molecule has 4 heteroatoms. The number of rotatable bonds is 3. The van der Waals surface area contributed by atoms with Crippen molar-refractivity contribution in [3.05, 3.63) is 12.2 Å². The minimum Gasteiger partial charge on any atom is -0.481 e. The number of carbonyl (C=O) groups excluding carboxylic acids is 1. The van der Waals surface area contributed by atoms with E-state index in [1.807, 2.05) is 6.92 Å². The number of aliphatic carboxylic acids is 1. The standard InChI is InChI=1S/C12H19NO3/c1-3-6-10(14)13-8-5-7-12(4-2,9-13)11(15)16/h3,6H,4-5,7-9H2,1-2H3,(H,15,16). The number of piperidine rings is 1. The van der Waals surface area contributed by atoms with Gasteiger partial charge in [-0.25, -0.2) is 0 Å². The van der Waals surface area contributed by atoms with Gasteiger partial charge in [0.15, 0.2) is 0 Å². The molecule has 0 aliphatic carbocycles. The molecule has 4 nitrogen and oxygen atoms in total. The van der Waals surface area contributed by atoms with E-state index >= 15 is 0 Å². The maximum Gasteiger partial charge on any atom is 0.311 e. The van der Waals surface area contributed by atoms with Crippen LogP contribution in [-0.2, 0) is 9.59 Å². The van der Waals surface area contributed by atoms with E-state index in [0.29, 0.717) is 25.9 Å². The van der Waals surface area contributed by atoms with Crippen LogP contribution in [0.4, 0.5) is 0 Å². The highest BCUT2D eigenvalue weighted by molar-refractivity contribution is 5.88. The van der Waals surface area contributed by atoms with E-state index in [2.05, 4.69) is 0 Å². The zero-order valence-corrected chi connectivity index (χ0v) is 9.90. The third-order valence-electron chi connectivity index (χ3n) is 3.33. The van der Waals surface area contributed by atoms with E-state index < -0.39 is 11.4 Å². The van der Waals surface area contributed by atoms with Crippen LogP contribution in [0.2, 0.25) is 0 Å². The first-order valence-electron chi connectivity index (χ1n) is 5.71. The largest absolute Gasteiger partial charge is 0.481 e. The first-order valence-corrected chi connectivity index (χ1v) is 5.71. The highest BCUT2D eigenvalue weighted by Gasteiger charge is 2.41. The zero-order valence-electron chi connectivity index (χ0n) is 9.90. The molecule has 1 unspecified atom stereocenters. The fourth-order valence-corrected chi connectivity index (χ4v) is 2.18. The van der Waals surface area contributed by atoms with Crippen LogP contribution in [0.5, 0.6) is 0 Å². The summed E-state index contributed by atoms with van der Waals surface area (Å²) in [4.78, 5) is 24.6. The lowest BCUT2D eigenvalue weighted by Gasteiger charge is -2.39. The van der Waals surface area contributed by atoms with Crippen molar-refractivity contribution in [2.75, 3.05) is 13.1 Å². The maximum absolute atomic E-state index is 11.7. The molecule has 1 fully saturated rings. The Morgan fingerprint density at radius 3 is 2.69 bits per heavy atom. The minimum atomic E-state index is -0.784. The molecule has 0 aromatic rings. The molecule has 0 radical (unpaired) electrons. The van der Waals surface area contributed by atoms with Crippen LogP contribution in [0, 0.1) is 5.41 Å². The second kappa shape index (κ2) is 5.14. The Morgan fingerprint density at radius 1 is 1.50 bits per heavy atom. The van der Waals surface area contributed by atoms with Gasteiger partial charge in [-0.15, -0.1) is 0 Å². The van der Waals surface area contributed by atoms with Gasteiger partial charge in [-0.1, -0.05) is 13.0 Å². The Morgan fingerprint density at radius 2 is 2.19 bits per heavy atom. The fraction of sp³-hybridized carbons (Fsp3) is 0.667. The van der Waals surface area contributed by atoms with Gasteiger partial charge in [0, 0.05) is 13.1 Å². The van der Waals surface area contributed by atoms with Crippen LogP contribution in [0.15, 0.2) is 12.2 Å². The summed E-state index contributed by atoms with van der Waals surface area (Å²) in [5, 5.41) is 9.26. The number of carboxylic acid groups (broad SMARTS) is 1. The second-order valence-electron chi connectivity index (χ2n) is 4.30. The Balaban J connectivity index is 2.79. The molecular formula is C12H19NO3. The van der Waals surface area contributed by atoms with Gasteiger partial charge in [-0.05, 0) is 32.3 Å². The molecule has 1 rings (SSSR count). The molecule has 0 saturated carbocycles. The number of carboxylic acids is 1. The first kappa shape index (κ1) is 12.7. The number of carbonyl (C=O) groups is 2. The van der Waals surface area contributed by atoms with Gasteiger partial charge >= 0.3 is 5.97 Å². The van der Waals surface area contributed by atoms with Crippen molar-refractivity contribution in [2.45, 2.75) is 33.1 Å². The number of hydrogen-bond acceptors (Lipinski definition) is 2. The smallest absolute Gasteiger partial charge is 0.311 e. The maximum atomic E-state index is 11.7. The predicted molar refractivity (Wildman–Crippen MR) is 61.0 cm³/mol. The number of allylic oxidation sites excluding steroid dienone is 1. The lowest BCUT2D eigenvalue weighted by Crippen LogP contribution is -2.49. The molecular weight excluding hydrogens is 206 g/mol. The lowest BCUT2D eigenvalue weighted by molar-refractivity contribution is -0.154. The molecule has 0 spiro atoms. The van der Waals surface area contributed by atoms with Crippen LogP contribution < -0.4 is 0 Å². The van der Waals surface area contributed by atoms with Gasteiger partial charge in [-0.3, -0.25) is 9.59 Å². The average Bonchev–Trinajstić information content (AvgIpc) is 2.29. The topological polar surface area (TPSA) is 57.6 Å². The van der Waals surface area contributed by atoms with E-state index in [9.17, 15) is 14.7 Å². The average molecular weight is 225 g/mol. The highest BCUT2D eigenvalue weighted by Crippen LogP contribution is 2.33. The van der Waals surface area contributed by atoms with Crippen molar-refractivity contribution in [2.24, 2.45) is 5.41 Å². The summed E-state index contributed by atoms with van der Waals surface area (Å²) >= 11 is 0. The van der Waals surface area contributed by atoms with E-state index in [-0.39, 0.29) is 5.91 Å². The van der Waals surface area contributed by atoms with E-state index in [1.54, 1.807) is 17.9 Å². The quantitative estimate of drug-likeness (QED) is 0.743. The second-order valence-corrected chi connectivity index (χ2v) is 4.30. The van der Waals surface area contributed by atoms with Crippen LogP contribution in [0.1, 0.15) is 33.1 Å². The minimum absolute atomic E-state index is 0.0822. The van der Waals surface area contributed by atoms with Crippen molar-refractivity contribution in [1.82, 2.24) is 4.90 Å². The molecule has 1 atom stereocenters.